The number of benzene rings is 1. The van der Waals surface area contributed by atoms with E-state index in [1.165, 1.54) is 16.7 Å². The van der Waals surface area contributed by atoms with Crippen LogP contribution in [0.3, 0.4) is 0 Å². The molecule has 0 aromatic heterocycles. The second-order valence-corrected chi connectivity index (χ2v) is 6.24. The Morgan fingerprint density at radius 2 is 1.90 bits per heavy atom. The lowest BCUT2D eigenvalue weighted by Gasteiger charge is -2.29. The molecule has 0 heterocycles. The first kappa shape index (κ1) is 15.0. The molecule has 1 aliphatic carbocycles. The lowest BCUT2D eigenvalue weighted by molar-refractivity contribution is -0.135. The predicted octanol–water partition coefficient (Wildman–Crippen LogP) is 2.78. The number of carbonyl (C=O) groups is 1. The van der Waals surface area contributed by atoms with Gasteiger partial charge < -0.3 is 10.6 Å². The molecule has 1 aliphatic rings. The number of aryl methyl sites for hydroxylation is 2. The molecule has 0 bridgehead atoms. The first-order valence-electron chi connectivity index (χ1n) is 7.54. The largest absolute Gasteiger partial charge is 0.341 e. The van der Waals surface area contributed by atoms with Gasteiger partial charge in [0.2, 0.25) is 5.91 Å². The Labute approximate surface area is 122 Å². The van der Waals surface area contributed by atoms with E-state index in [9.17, 15) is 4.79 Å². The van der Waals surface area contributed by atoms with Crippen molar-refractivity contribution in [2.24, 2.45) is 11.7 Å². The summed E-state index contributed by atoms with van der Waals surface area (Å²) in [6.45, 7) is 4.91. The normalized spacial score (nSPS) is 22.6. The Bertz CT molecular complexity index is 476. The Morgan fingerprint density at radius 1 is 1.25 bits per heavy atom. The first-order valence-corrected chi connectivity index (χ1v) is 7.54. The van der Waals surface area contributed by atoms with Crippen molar-refractivity contribution in [2.75, 3.05) is 7.05 Å². The molecule has 1 saturated carbocycles. The Balaban J connectivity index is 1.97. The molecule has 20 heavy (non-hydrogen) atoms. The summed E-state index contributed by atoms with van der Waals surface area (Å²) in [5.41, 5.74) is 9.67. The third-order valence-electron chi connectivity index (χ3n) is 4.40. The maximum atomic E-state index is 12.5. The summed E-state index contributed by atoms with van der Waals surface area (Å²) in [4.78, 5) is 14.3. The first-order chi connectivity index (χ1) is 9.47. The third kappa shape index (κ3) is 3.60. The zero-order chi connectivity index (χ0) is 14.7. The minimum absolute atomic E-state index is 0.172. The molecule has 1 fully saturated rings. The zero-order valence-corrected chi connectivity index (χ0v) is 12.9. The zero-order valence-electron chi connectivity index (χ0n) is 12.9. The van der Waals surface area contributed by atoms with Crippen molar-refractivity contribution in [3.05, 3.63) is 34.9 Å². The summed E-state index contributed by atoms with van der Waals surface area (Å²) in [6, 6.07) is 6.71. The van der Waals surface area contributed by atoms with E-state index in [1.54, 1.807) is 0 Å². The molecule has 0 saturated heterocycles. The third-order valence-corrected chi connectivity index (χ3v) is 4.40. The molecule has 0 aliphatic heterocycles. The minimum atomic E-state index is 0.172. The molecular weight excluding hydrogens is 248 g/mol. The van der Waals surface area contributed by atoms with Gasteiger partial charge in [-0.1, -0.05) is 23.8 Å². The van der Waals surface area contributed by atoms with E-state index in [2.05, 4.69) is 32.0 Å². The van der Waals surface area contributed by atoms with Gasteiger partial charge in [-0.25, -0.2) is 0 Å². The summed E-state index contributed by atoms with van der Waals surface area (Å²) in [5.74, 6) is 0.447. The van der Waals surface area contributed by atoms with Gasteiger partial charge in [0.25, 0.3) is 0 Å². The smallest absolute Gasteiger partial charge is 0.225 e. The molecule has 0 spiro atoms. The summed E-state index contributed by atoms with van der Waals surface area (Å²) in [5, 5.41) is 0. The molecule has 0 radical (unpaired) electrons. The lowest BCUT2D eigenvalue weighted by atomic mass is 9.85. The number of nitrogens with two attached hydrogens (primary N) is 1. The van der Waals surface area contributed by atoms with Gasteiger partial charge in [0.15, 0.2) is 0 Å². The Morgan fingerprint density at radius 3 is 2.50 bits per heavy atom. The van der Waals surface area contributed by atoms with Crippen LogP contribution in [0.2, 0.25) is 0 Å². The molecule has 3 nitrogen and oxygen atoms in total. The lowest BCUT2D eigenvalue weighted by Crippen LogP contribution is -2.37. The van der Waals surface area contributed by atoms with E-state index >= 15 is 0 Å². The van der Waals surface area contributed by atoms with Crippen LogP contribution in [-0.4, -0.2) is 23.9 Å². The van der Waals surface area contributed by atoms with Crippen LogP contribution in [-0.2, 0) is 11.3 Å². The van der Waals surface area contributed by atoms with Crippen LogP contribution in [0.5, 0.6) is 0 Å². The average Bonchev–Trinajstić information content (AvgIpc) is 2.42. The van der Waals surface area contributed by atoms with E-state index in [0.29, 0.717) is 12.6 Å². The summed E-state index contributed by atoms with van der Waals surface area (Å²) in [7, 11) is 1.91. The molecule has 1 amide bonds. The van der Waals surface area contributed by atoms with E-state index < -0.39 is 0 Å². The van der Waals surface area contributed by atoms with Crippen LogP contribution in [0.15, 0.2) is 18.2 Å². The Hall–Kier alpha value is -1.35. The molecule has 0 atom stereocenters. The van der Waals surface area contributed by atoms with Crippen LogP contribution in [0.4, 0.5) is 0 Å². The van der Waals surface area contributed by atoms with Gasteiger partial charge in [0.1, 0.15) is 0 Å². The van der Waals surface area contributed by atoms with Gasteiger partial charge in [-0.3, -0.25) is 4.79 Å². The van der Waals surface area contributed by atoms with Crippen molar-refractivity contribution in [2.45, 2.75) is 52.1 Å². The highest BCUT2D eigenvalue weighted by molar-refractivity contribution is 5.78. The SMILES string of the molecule is Cc1ccc(CN(C)C(=O)C2CCC(N)CC2)c(C)c1. The summed E-state index contributed by atoms with van der Waals surface area (Å²) >= 11 is 0. The molecule has 2 N–H and O–H groups in total. The van der Waals surface area contributed by atoms with E-state index in [-0.39, 0.29) is 11.8 Å². The van der Waals surface area contributed by atoms with Crippen LogP contribution < -0.4 is 5.73 Å². The van der Waals surface area contributed by atoms with Gasteiger partial charge in [0, 0.05) is 25.6 Å². The number of rotatable bonds is 3. The number of amides is 1. The molecule has 1 aromatic carbocycles. The molecule has 1 aromatic rings. The maximum Gasteiger partial charge on any atom is 0.225 e. The topological polar surface area (TPSA) is 46.3 Å². The predicted molar refractivity (Wildman–Crippen MR) is 82.3 cm³/mol. The van der Waals surface area contributed by atoms with Crippen molar-refractivity contribution in [3.63, 3.8) is 0 Å². The highest BCUT2D eigenvalue weighted by atomic mass is 16.2. The fourth-order valence-corrected chi connectivity index (χ4v) is 3.03. The number of carbonyl (C=O) groups excluding carboxylic acids is 1. The molecule has 3 heteroatoms. The van der Waals surface area contributed by atoms with Crippen LogP contribution >= 0.6 is 0 Å². The van der Waals surface area contributed by atoms with Crippen molar-refractivity contribution in [1.29, 1.82) is 0 Å². The van der Waals surface area contributed by atoms with Gasteiger partial charge in [0.05, 0.1) is 0 Å². The second-order valence-electron chi connectivity index (χ2n) is 6.24. The quantitative estimate of drug-likeness (QED) is 0.921. The fourth-order valence-electron chi connectivity index (χ4n) is 3.03. The van der Waals surface area contributed by atoms with Crippen LogP contribution in [0.1, 0.15) is 42.4 Å². The van der Waals surface area contributed by atoms with E-state index in [4.69, 9.17) is 5.73 Å². The fraction of sp³-hybridized carbons (Fsp3) is 0.588. The Kier molecular flexibility index (Phi) is 4.81. The number of nitrogens with zero attached hydrogens (tertiary/aromatic N) is 1. The van der Waals surface area contributed by atoms with Crippen molar-refractivity contribution in [1.82, 2.24) is 4.90 Å². The van der Waals surface area contributed by atoms with Crippen molar-refractivity contribution in [3.8, 4) is 0 Å². The minimum Gasteiger partial charge on any atom is -0.341 e. The summed E-state index contributed by atoms with van der Waals surface area (Å²) in [6.07, 6.45) is 3.84. The van der Waals surface area contributed by atoms with Crippen molar-refractivity contribution >= 4 is 5.91 Å². The van der Waals surface area contributed by atoms with Crippen LogP contribution in [0.25, 0.3) is 0 Å². The van der Waals surface area contributed by atoms with Gasteiger partial charge in [-0.15, -0.1) is 0 Å². The maximum absolute atomic E-state index is 12.5. The highest BCUT2D eigenvalue weighted by Gasteiger charge is 2.26. The summed E-state index contributed by atoms with van der Waals surface area (Å²) < 4.78 is 0. The number of hydrogen-bond acceptors (Lipinski definition) is 2. The van der Waals surface area contributed by atoms with Gasteiger partial charge >= 0.3 is 0 Å². The number of hydrogen-bond donors (Lipinski definition) is 1. The van der Waals surface area contributed by atoms with Gasteiger partial charge in [-0.2, -0.15) is 0 Å². The standard InChI is InChI=1S/C17H26N2O/c1-12-4-5-15(13(2)10-12)11-19(3)17(20)14-6-8-16(18)9-7-14/h4-5,10,14,16H,6-9,11,18H2,1-3H3. The molecular formula is C17H26N2O. The highest BCUT2D eigenvalue weighted by Crippen LogP contribution is 2.25. The molecule has 2 rings (SSSR count). The van der Waals surface area contributed by atoms with E-state index in [1.807, 2.05) is 11.9 Å². The van der Waals surface area contributed by atoms with Gasteiger partial charge in [-0.05, 0) is 50.7 Å². The average molecular weight is 274 g/mol. The monoisotopic (exact) mass is 274 g/mol. The van der Waals surface area contributed by atoms with E-state index in [0.717, 1.165) is 25.7 Å². The van der Waals surface area contributed by atoms with Crippen LogP contribution in [0, 0.1) is 19.8 Å². The molecule has 0 unspecified atom stereocenters. The van der Waals surface area contributed by atoms with Crippen molar-refractivity contribution < 1.29 is 4.79 Å². The molecule has 110 valence electrons. The second kappa shape index (κ2) is 6.40.